The molecule has 0 spiro atoms. The Morgan fingerprint density at radius 1 is 1.04 bits per heavy atom. The van der Waals surface area contributed by atoms with E-state index in [-0.39, 0.29) is 5.57 Å². The van der Waals surface area contributed by atoms with Gasteiger partial charge < -0.3 is 4.57 Å². The number of amides is 4. The normalized spacial score (nSPS) is 16.1. The molecule has 1 aliphatic heterocycles. The molecule has 6 heteroatoms. The number of carbonyl (C=O) groups excluding carboxylic acids is 3. The summed E-state index contributed by atoms with van der Waals surface area (Å²) in [5.41, 5.74) is 4.88. The molecule has 1 fully saturated rings. The van der Waals surface area contributed by atoms with Crippen LogP contribution in [0.2, 0.25) is 0 Å². The van der Waals surface area contributed by atoms with Crippen molar-refractivity contribution in [1.82, 2.24) is 14.8 Å². The largest absolute Gasteiger partial charge is 0.331 e. The average Bonchev–Trinajstić information content (AvgIpc) is 2.93. The molecule has 1 saturated heterocycles. The van der Waals surface area contributed by atoms with Crippen LogP contribution in [0.3, 0.4) is 0 Å². The van der Waals surface area contributed by atoms with E-state index < -0.39 is 17.8 Å². The van der Waals surface area contributed by atoms with Crippen molar-refractivity contribution in [1.29, 1.82) is 0 Å². The molecule has 0 bridgehead atoms. The Hall–Kier alpha value is -3.15. The molecule has 1 aromatic carbocycles. The third-order valence-corrected chi connectivity index (χ3v) is 4.98. The van der Waals surface area contributed by atoms with Gasteiger partial charge in [-0.3, -0.25) is 19.8 Å². The number of nitrogens with zero attached hydrogens (tertiary/aromatic N) is 2. The van der Waals surface area contributed by atoms with Gasteiger partial charge in [-0.25, -0.2) is 4.79 Å². The van der Waals surface area contributed by atoms with Gasteiger partial charge >= 0.3 is 6.03 Å². The first-order chi connectivity index (χ1) is 13.3. The van der Waals surface area contributed by atoms with Crippen LogP contribution in [0.5, 0.6) is 0 Å². The SMILES string of the molecule is CCCCN1C(=O)NC(=O)C(=Cc2cc(C)n(-c3ccc(C)cc3)c2C)C1=O. The summed E-state index contributed by atoms with van der Waals surface area (Å²) >= 11 is 0. The van der Waals surface area contributed by atoms with Gasteiger partial charge in [0, 0.05) is 23.6 Å². The Morgan fingerprint density at radius 3 is 2.36 bits per heavy atom. The number of urea groups is 1. The van der Waals surface area contributed by atoms with Crippen LogP contribution in [0.15, 0.2) is 35.9 Å². The highest BCUT2D eigenvalue weighted by molar-refractivity contribution is 6.31. The van der Waals surface area contributed by atoms with E-state index in [1.54, 1.807) is 6.08 Å². The maximum Gasteiger partial charge on any atom is 0.331 e. The van der Waals surface area contributed by atoms with Crippen LogP contribution in [0.1, 0.15) is 42.3 Å². The number of barbiturate groups is 1. The van der Waals surface area contributed by atoms with E-state index in [2.05, 4.69) is 9.88 Å². The third-order valence-electron chi connectivity index (χ3n) is 4.98. The van der Waals surface area contributed by atoms with E-state index >= 15 is 0 Å². The number of hydrogen-bond donors (Lipinski definition) is 1. The Kier molecular flexibility index (Phi) is 5.49. The molecular weight excluding hydrogens is 354 g/mol. The van der Waals surface area contributed by atoms with Crippen molar-refractivity contribution in [2.45, 2.75) is 40.5 Å². The second kappa shape index (κ2) is 7.84. The van der Waals surface area contributed by atoms with Gasteiger partial charge in [0.2, 0.25) is 0 Å². The summed E-state index contributed by atoms with van der Waals surface area (Å²) < 4.78 is 2.08. The van der Waals surface area contributed by atoms with Gasteiger partial charge in [-0.05, 0) is 57.0 Å². The highest BCUT2D eigenvalue weighted by Gasteiger charge is 2.35. The van der Waals surface area contributed by atoms with E-state index in [0.717, 1.165) is 34.0 Å². The second-order valence-electron chi connectivity index (χ2n) is 7.13. The molecule has 6 nitrogen and oxygen atoms in total. The quantitative estimate of drug-likeness (QED) is 0.636. The predicted octanol–water partition coefficient (Wildman–Crippen LogP) is 3.66. The third kappa shape index (κ3) is 3.63. The summed E-state index contributed by atoms with van der Waals surface area (Å²) in [6, 6.07) is 9.45. The van der Waals surface area contributed by atoms with E-state index in [1.165, 1.54) is 5.56 Å². The average molecular weight is 379 g/mol. The molecule has 0 atom stereocenters. The van der Waals surface area contributed by atoms with Crippen molar-refractivity contribution in [3.63, 3.8) is 0 Å². The van der Waals surface area contributed by atoms with Crippen LogP contribution in [0, 0.1) is 20.8 Å². The monoisotopic (exact) mass is 379 g/mol. The van der Waals surface area contributed by atoms with Gasteiger partial charge in [0.15, 0.2) is 0 Å². The lowest BCUT2D eigenvalue weighted by Gasteiger charge is -2.26. The number of aryl methyl sites for hydroxylation is 2. The Morgan fingerprint density at radius 2 is 1.71 bits per heavy atom. The summed E-state index contributed by atoms with van der Waals surface area (Å²) in [6.45, 7) is 8.25. The van der Waals surface area contributed by atoms with E-state index in [4.69, 9.17) is 0 Å². The molecule has 1 aromatic heterocycles. The standard InChI is InChI=1S/C22H25N3O3/c1-5-6-11-24-21(27)19(20(26)23-22(24)28)13-17-12-15(3)25(16(17)4)18-9-7-14(2)8-10-18/h7-10,12-13H,5-6,11H2,1-4H3,(H,23,26,28). The molecule has 2 heterocycles. The molecule has 0 saturated carbocycles. The molecule has 0 aliphatic carbocycles. The summed E-state index contributed by atoms with van der Waals surface area (Å²) in [7, 11) is 0. The zero-order chi connectivity index (χ0) is 20.4. The highest BCUT2D eigenvalue weighted by Crippen LogP contribution is 2.24. The predicted molar refractivity (Wildman–Crippen MR) is 108 cm³/mol. The van der Waals surface area contributed by atoms with Crippen LogP contribution in [0.4, 0.5) is 4.79 Å². The van der Waals surface area contributed by atoms with Crippen LogP contribution in [0.25, 0.3) is 11.8 Å². The second-order valence-corrected chi connectivity index (χ2v) is 7.13. The molecule has 0 radical (unpaired) electrons. The van der Waals surface area contributed by atoms with Gasteiger partial charge in [0.05, 0.1) is 0 Å². The fourth-order valence-corrected chi connectivity index (χ4v) is 3.39. The fourth-order valence-electron chi connectivity index (χ4n) is 3.39. The topological polar surface area (TPSA) is 71.4 Å². The van der Waals surface area contributed by atoms with Crippen LogP contribution >= 0.6 is 0 Å². The number of rotatable bonds is 5. The number of nitrogens with one attached hydrogen (secondary N) is 1. The molecule has 3 rings (SSSR count). The van der Waals surface area contributed by atoms with Crippen LogP contribution in [-0.2, 0) is 9.59 Å². The van der Waals surface area contributed by atoms with Crippen molar-refractivity contribution in [3.8, 4) is 5.69 Å². The van der Waals surface area contributed by atoms with Crippen LogP contribution < -0.4 is 5.32 Å². The smallest absolute Gasteiger partial charge is 0.318 e. The van der Waals surface area contributed by atoms with Crippen molar-refractivity contribution in [3.05, 3.63) is 58.4 Å². The fraction of sp³-hybridized carbons (Fsp3) is 0.318. The number of aromatic nitrogens is 1. The number of hydrogen-bond acceptors (Lipinski definition) is 3. The first kappa shape index (κ1) is 19.6. The van der Waals surface area contributed by atoms with Crippen molar-refractivity contribution in [2.24, 2.45) is 0 Å². The van der Waals surface area contributed by atoms with Crippen molar-refractivity contribution in [2.75, 3.05) is 6.54 Å². The molecule has 1 aliphatic rings. The Labute approximate surface area is 164 Å². The molecule has 28 heavy (non-hydrogen) atoms. The van der Waals surface area contributed by atoms with Gasteiger partial charge in [0.1, 0.15) is 5.57 Å². The number of carbonyl (C=O) groups is 3. The van der Waals surface area contributed by atoms with E-state index in [9.17, 15) is 14.4 Å². The maximum atomic E-state index is 12.7. The van der Waals surface area contributed by atoms with Crippen molar-refractivity contribution >= 4 is 23.9 Å². The Bertz CT molecular complexity index is 968. The first-order valence-corrected chi connectivity index (χ1v) is 9.48. The zero-order valence-corrected chi connectivity index (χ0v) is 16.7. The number of imide groups is 2. The summed E-state index contributed by atoms with van der Waals surface area (Å²) in [5.74, 6) is -1.19. The minimum atomic E-state index is -0.650. The maximum absolute atomic E-state index is 12.7. The first-order valence-electron chi connectivity index (χ1n) is 9.48. The Balaban J connectivity index is 1.99. The van der Waals surface area contributed by atoms with E-state index in [1.807, 2.05) is 58.0 Å². The molecule has 4 amide bonds. The minimum absolute atomic E-state index is 0.0140. The number of benzene rings is 1. The minimum Gasteiger partial charge on any atom is -0.318 e. The molecule has 2 aromatic rings. The van der Waals surface area contributed by atoms with Gasteiger partial charge in [-0.1, -0.05) is 31.0 Å². The van der Waals surface area contributed by atoms with Crippen molar-refractivity contribution < 1.29 is 14.4 Å². The summed E-state index contributed by atoms with van der Waals surface area (Å²) in [5, 5.41) is 2.27. The summed E-state index contributed by atoms with van der Waals surface area (Å²) in [4.78, 5) is 38.1. The molecule has 1 N–H and O–H groups in total. The molecule has 146 valence electrons. The van der Waals surface area contributed by atoms with Gasteiger partial charge in [-0.15, -0.1) is 0 Å². The lowest BCUT2D eigenvalue weighted by Crippen LogP contribution is -2.54. The van der Waals surface area contributed by atoms with Crippen LogP contribution in [-0.4, -0.2) is 33.9 Å². The lowest BCUT2D eigenvalue weighted by molar-refractivity contribution is -0.130. The van der Waals surface area contributed by atoms with Gasteiger partial charge in [0.25, 0.3) is 11.8 Å². The molecule has 0 unspecified atom stereocenters. The zero-order valence-electron chi connectivity index (χ0n) is 16.7. The highest BCUT2D eigenvalue weighted by atomic mass is 16.2. The van der Waals surface area contributed by atoms with Gasteiger partial charge in [-0.2, -0.15) is 0 Å². The molecular formula is C22H25N3O3. The lowest BCUT2D eigenvalue weighted by atomic mass is 10.1. The summed E-state index contributed by atoms with van der Waals surface area (Å²) in [6.07, 6.45) is 3.13. The number of unbranched alkanes of at least 4 members (excludes halogenated alkanes) is 1. The van der Waals surface area contributed by atoms with E-state index in [0.29, 0.717) is 13.0 Å².